The van der Waals surface area contributed by atoms with Gasteiger partial charge in [0.05, 0.1) is 18.1 Å². The first-order valence-electron chi connectivity index (χ1n) is 4.99. The van der Waals surface area contributed by atoms with Crippen LogP contribution in [0.25, 0.3) is 0 Å². The van der Waals surface area contributed by atoms with E-state index in [9.17, 15) is 9.90 Å². The smallest absolute Gasteiger partial charge is 0.138 e. The van der Waals surface area contributed by atoms with Gasteiger partial charge in [0.2, 0.25) is 0 Å². The summed E-state index contributed by atoms with van der Waals surface area (Å²) < 4.78 is 5.17. The summed E-state index contributed by atoms with van der Waals surface area (Å²) in [5, 5.41) is 9.61. The summed E-state index contributed by atoms with van der Waals surface area (Å²) in [5.41, 5.74) is -0.126. The largest absolute Gasteiger partial charge is 0.392 e. The Hall–Kier alpha value is -0.0600. The van der Waals surface area contributed by atoms with Gasteiger partial charge in [-0.25, -0.2) is 0 Å². The molecule has 0 heterocycles. The lowest BCUT2D eigenvalue weighted by atomic mass is 9.96. The fourth-order valence-electron chi connectivity index (χ4n) is 1.15. The molecule has 0 aliphatic rings. The number of Topliss-reactive ketones (excluding diaryl/α,β-unsaturated/α-hetero) is 1. The first kappa shape index (κ1) is 13.9. The average Bonchev–Trinajstić information content (AvgIpc) is 2.14. The molecule has 0 rings (SSSR count). The van der Waals surface area contributed by atoms with Crippen molar-refractivity contribution in [2.24, 2.45) is 5.92 Å². The molecule has 0 bridgehead atoms. The minimum atomic E-state index is -0.602. The van der Waals surface area contributed by atoms with Crippen molar-refractivity contribution in [1.29, 1.82) is 0 Å². The number of ether oxygens (including phenoxy) is 1. The molecular weight excluding hydrogens is 200 g/mol. The van der Waals surface area contributed by atoms with Gasteiger partial charge in [-0.2, -0.15) is 0 Å². The second kappa shape index (κ2) is 7.26. The molecule has 0 amide bonds. The minimum absolute atomic E-state index is 0.0939. The van der Waals surface area contributed by atoms with Gasteiger partial charge in [0.15, 0.2) is 0 Å². The molecule has 0 aromatic rings. The molecule has 0 aromatic heterocycles. The topological polar surface area (TPSA) is 46.5 Å². The average molecular weight is 220 g/mol. The fourth-order valence-corrected chi connectivity index (χ4v) is 1.25. The Morgan fingerprint density at radius 3 is 2.50 bits per heavy atom. The van der Waals surface area contributed by atoms with Crippen LogP contribution in [0.3, 0.4) is 0 Å². The van der Waals surface area contributed by atoms with Gasteiger partial charge in [-0.1, -0.05) is 13.8 Å². The highest BCUT2D eigenvalue weighted by Crippen LogP contribution is 2.11. The second-order valence-corrected chi connectivity index (χ2v) is 4.16. The molecule has 1 N–H and O–H groups in total. The first-order chi connectivity index (χ1) is 6.49. The standard InChI is InChI=1S/C10H20O3S/c1-4-9(11)7(2)10(12)5-6-13-8(3)14/h7-8,10,12,14H,4-6H2,1-3H3/t7-,8-,10+/m1/s1. The van der Waals surface area contributed by atoms with Gasteiger partial charge < -0.3 is 9.84 Å². The van der Waals surface area contributed by atoms with Crippen LogP contribution in [0.4, 0.5) is 0 Å². The first-order valence-corrected chi connectivity index (χ1v) is 5.51. The van der Waals surface area contributed by atoms with Crippen molar-refractivity contribution in [2.45, 2.75) is 45.2 Å². The zero-order valence-corrected chi connectivity index (χ0v) is 9.96. The summed E-state index contributed by atoms with van der Waals surface area (Å²) >= 11 is 4.04. The maximum absolute atomic E-state index is 11.2. The highest BCUT2D eigenvalue weighted by molar-refractivity contribution is 7.80. The number of ketones is 1. The predicted molar refractivity (Wildman–Crippen MR) is 59.5 cm³/mol. The van der Waals surface area contributed by atoms with E-state index < -0.39 is 6.10 Å². The number of rotatable bonds is 7. The molecule has 4 heteroatoms. The Kier molecular flexibility index (Phi) is 7.23. The van der Waals surface area contributed by atoms with E-state index in [0.29, 0.717) is 19.4 Å². The molecule has 3 atom stereocenters. The van der Waals surface area contributed by atoms with Crippen LogP contribution in [-0.2, 0) is 9.53 Å². The summed E-state index contributed by atoms with van der Waals surface area (Å²) in [4.78, 5) is 11.2. The third kappa shape index (κ3) is 5.62. The number of carbonyl (C=O) groups excluding carboxylic acids is 1. The second-order valence-electron chi connectivity index (χ2n) is 3.43. The van der Waals surface area contributed by atoms with Gasteiger partial charge in [-0.3, -0.25) is 4.79 Å². The molecule has 0 aliphatic heterocycles. The molecular formula is C10H20O3S. The van der Waals surface area contributed by atoms with Crippen molar-refractivity contribution in [1.82, 2.24) is 0 Å². The molecule has 0 spiro atoms. The number of hydrogen-bond donors (Lipinski definition) is 2. The van der Waals surface area contributed by atoms with Crippen LogP contribution in [0.5, 0.6) is 0 Å². The summed E-state index contributed by atoms with van der Waals surface area (Å²) in [6, 6.07) is 0. The van der Waals surface area contributed by atoms with E-state index in [1.807, 2.05) is 6.92 Å². The predicted octanol–water partition coefficient (Wildman–Crippen LogP) is 1.64. The number of aliphatic hydroxyl groups excluding tert-OH is 1. The molecule has 0 aliphatic carbocycles. The van der Waals surface area contributed by atoms with Gasteiger partial charge in [-0.15, -0.1) is 12.6 Å². The Morgan fingerprint density at radius 1 is 1.50 bits per heavy atom. The quantitative estimate of drug-likeness (QED) is 0.506. The fraction of sp³-hybridized carbons (Fsp3) is 0.900. The molecule has 84 valence electrons. The lowest BCUT2D eigenvalue weighted by molar-refractivity contribution is -0.125. The Bertz CT molecular complexity index is 171. The van der Waals surface area contributed by atoms with Gasteiger partial charge in [0.1, 0.15) is 5.78 Å². The highest BCUT2D eigenvalue weighted by Gasteiger charge is 2.19. The Balaban J connectivity index is 3.72. The monoisotopic (exact) mass is 220 g/mol. The van der Waals surface area contributed by atoms with Crippen LogP contribution in [0.15, 0.2) is 0 Å². The zero-order valence-electron chi connectivity index (χ0n) is 9.06. The maximum Gasteiger partial charge on any atom is 0.138 e. The van der Waals surface area contributed by atoms with Crippen LogP contribution in [0, 0.1) is 5.92 Å². The van der Waals surface area contributed by atoms with E-state index in [0.717, 1.165) is 0 Å². The minimum Gasteiger partial charge on any atom is -0.392 e. The van der Waals surface area contributed by atoms with Crippen molar-refractivity contribution in [3.05, 3.63) is 0 Å². The van der Waals surface area contributed by atoms with E-state index in [1.54, 1.807) is 13.8 Å². The SMILES string of the molecule is CCC(=O)[C@@H](C)[C@@H](O)CCO[C@@H](C)S. The summed E-state index contributed by atoms with van der Waals surface area (Å²) in [7, 11) is 0. The third-order valence-electron chi connectivity index (χ3n) is 2.21. The van der Waals surface area contributed by atoms with Crippen LogP contribution >= 0.6 is 12.6 Å². The van der Waals surface area contributed by atoms with E-state index in [4.69, 9.17) is 4.74 Å². The van der Waals surface area contributed by atoms with E-state index >= 15 is 0 Å². The van der Waals surface area contributed by atoms with Crippen LogP contribution in [0.1, 0.15) is 33.6 Å². The molecule has 0 saturated carbocycles. The molecule has 0 fully saturated rings. The number of aliphatic hydroxyl groups is 1. The van der Waals surface area contributed by atoms with E-state index in [1.165, 1.54) is 0 Å². The Morgan fingerprint density at radius 2 is 2.07 bits per heavy atom. The van der Waals surface area contributed by atoms with Crippen molar-refractivity contribution in [2.75, 3.05) is 6.61 Å². The normalized spacial score (nSPS) is 17.5. The number of hydrogen-bond acceptors (Lipinski definition) is 4. The van der Waals surface area contributed by atoms with Gasteiger partial charge in [0, 0.05) is 12.3 Å². The summed E-state index contributed by atoms with van der Waals surface area (Å²) in [5.74, 6) is -0.199. The number of thiol groups is 1. The van der Waals surface area contributed by atoms with Crippen molar-refractivity contribution in [3.8, 4) is 0 Å². The van der Waals surface area contributed by atoms with Gasteiger partial charge >= 0.3 is 0 Å². The molecule has 0 saturated heterocycles. The van der Waals surface area contributed by atoms with Crippen molar-refractivity contribution in [3.63, 3.8) is 0 Å². The molecule has 14 heavy (non-hydrogen) atoms. The molecule has 3 nitrogen and oxygen atoms in total. The molecule has 0 radical (unpaired) electrons. The summed E-state index contributed by atoms with van der Waals surface area (Å²) in [6.07, 6.45) is 0.356. The van der Waals surface area contributed by atoms with Crippen molar-refractivity contribution >= 4 is 18.4 Å². The van der Waals surface area contributed by atoms with E-state index in [2.05, 4.69) is 12.6 Å². The molecule has 0 unspecified atom stereocenters. The summed E-state index contributed by atoms with van der Waals surface area (Å²) in [6.45, 7) is 5.81. The van der Waals surface area contributed by atoms with E-state index in [-0.39, 0.29) is 17.1 Å². The van der Waals surface area contributed by atoms with Gasteiger partial charge in [0.25, 0.3) is 0 Å². The van der Waals surface area contributed by atoms with Crippen molar-refractivity contribution < 1.29 is 14.6 Å². The lowest BCUT2D eigenvalue weighted by Crippen LogP contribution is -2.26. The maximum atomic E-state index is 11.2. The Labute approximate surface area is 91.2 Å². The highest BCUT2D eigenvalue weighted by atomic mass is 32.1. The number of carbonyl (C=O) groups is 1. The van der Waals surface area contributed by atoms with Crippen LogP contribution < -0.4 is 0 Å². The third-order valence-corrected chi connectivity index (χ3v) is 2.36. The van der Waals surface area contributed by atoms with Gasteiger partial charge in [-0.05, 0) is 13.3 Å². The zero-order chi connectivity index (χ0) is 11.1. The van der Waals surface area contributed by atoms with Crippen LogP contribution in [0.2, 0.25) is 0 Å². The van der Waals surface area contributed by atoms with Crippen LogP contribution in [-0.4, -0.2) is 29.0 Å². The molecule has 0 aromatic carbocycles. The lowest BCUT2D eigenvalue weighted by Gasteiger charge is -2.17.